The van der Waals surface area contributed by atoms with Gasteiger partial charge in [-0.2, -0.15) is 0 Å². The topological polar surface area (TPSA) is 69.3 Å². The van der Waals surface area contributed by atoms with E-state index in [1.54, 1.807) is 17.4 Å². The molecular weight excluding hydrogens is 372 g/mol. The fourth-order valence-corrected chi connectivity index (χ4v) is 4.34. The standard InChI is InChI=1S/C21H24N4O2S/c26-20(25-12-10-24(11-13-25)15-16-5-4-14-28-16)9-3-8-19-22-18-7-2-1-6-17(18)21(27)23-19/h1-2,4-7,14H,3,8-13,15H2,(H,22,23,27). The largest absolute Gasteiger partial charge is 0.340 e. The van der Waals surface area contributed by atoms with Gasteiger partial charge in [0, 0.05) is 50.4 Å². The molecule has 0 atom stereocenters. The van der Waals surface area contributed by atoms with Gasteiger partial charge in [0.1, 0.15) is 5.82 Å². The van der Waals surface area contributed by atoms with Crippen LogP contribution in [-0.2, 0) is 17.8 Å². The fourth-order valence-electron chi connectivity index (χ4n) is 3.60. The van der Waals surface area contributed by atoms with Crippen molar-refractivity contribution in [2.24, 2.45) is 0 Å². The van der Waals surface area contributed by atoms with Crippen molar-refractivity contribution in [1.82, 2.24) is 19.8 Å². The Labute approximate surface area is 167 Å². The highest BCUT2D eigenvalue weighted by Crippen LogP contribution is 2.14. The Bertz CT molecular complexity index is 991. The van der Waals surface area contributed by atoms with Gasteiger partial charge in [0.15, 0.2) is 0 Å². The number of rotatable bonds is 6. The van der Waals surface area contributed by atoms with Crippen LogP contribution in [0.15, 0.2) is 46.6 Å². The zero-order chi connectivity index (χ0) is 19.3. The Hall–Kier alpha value is -2.51. The first kappa shape index (κ1) is 18.8. The van der Waals surface area contributed by atoms with Gasteiger partial charge in [-0.25, -0.2) is 4.98 Å². The number of carbonyl (C=O) groups is 1. The molecule has 1 saturated heterocycles. The van der Waals surface area contributed by atoms with E-state index in [1.165, 1.54) is 4.88 Å². The predicted octanol–water partition coefficient (Wildman–Crippen LogP) is 2.65. The van der Waals surface area contributed by atoms with E-state index in [4.69, 9.17) is 0 Å². The minimum atomic E-state index is -0.117. The highest BCUT2D eigenvalue weighted by Gasteiger charge is 2.21. The number of aromatic nitrogens is 2. The van der Waals surface area contributed by atoms with Crippen molar-refractivity contribution in [3.8, 4) is 0 Å². The molecule has 0 spiro atoms. The number of hydrogen-bond donors (Lipinski definition) is 1. The van der Waals surface area contributed by atoms with Crippen LogP contribution >= 0.6 is 11.3 Å². The van der Waals surface area contributed by atoms with E-state index >= 15 is 0 Å². The van der Waals surface area contributed by atoms with Crippen LogP contribution in [-0.4, -0.2) is 51.9 Å². The molecule has 1 aliphatic heterocycles. The summed E-state index contributed by atoms with van der Waals surface area (Å²) in [5, 5.41) is 2.70. The first-order chi connectivity index (χ1) is 13.7. The van der Waals surface area contributed by atoms with Crippen LogP contribution in [0, 0.1) is 0 Å². The zero-order valence-corrected chi connectivity index (χ0v) is 16.6. The Morgan fingerprint density at radius 3 is 2.71 bits per heavy atom. The quantitative estimate of drug-likeness (QED) is 0.695. The Kier molecular flexibility index (Phi) is 5.83. The van der Waals surface area contributed by atoms with Crippen LogP contribution in [0.3, 0.4) is 0 Å². The molecule has 1 N–H and O–H groups in total. The van der Waals surface area contributed by atoms with E-state index in [9.17, 15) is 9.59 Å². The second kappa shape index (κ2) is 8.67. The Morgan fingerprint density at radius 2 is 1.93 bits per heavy atom. The van der Waals surface area contributed by atoms with Crippen LogP contribution < -0.4 is 5.56 Å². The van der Waals surface area contributed by atoms with Crippen molar-refractivity contribution in [1.29, 1.82) is 0 Å². The SMILES string of the molecule is O=C(CCCc1nc2ccccc2c(=O)[nH]1)N1CCN(Cc2cccs2)CC1. The van der Waals surface area contributed by atoms with Gasteiger partial charge in [-0.1, -0.05) is 18.2 Å². The molecule has 0 radical (unpaired) electrons. The van der Waals surface area contributed by atoms with Gasteiger partial charge in [0.25, 0.3) is 5.56 Å². The average Bonchev–Trinajstić information content (AvgIpc) is 3.21. The molecule has 146 valence electrons. The molecule has 2 aromatic heterocycles. The molecule has 7 heteroatoms. The lowest BCUT2D eigenvalue weighted by Crippen LogP contribution is -2.48. The molecule has 6 nitrogen and oxygen atoms in total. The monoisotopic (exact) mass is 396 g/mol. The Balaban J connectivity index is 1.24. The molecule has 0 aliphatic carbocycles. The van der Waals surface area contributed by atoms with Crippen molar-refractivity contribution >= 4 is 28.1 Å². The van der Waals surface area contributed by atoms with Gasteiger partial charge in [-0.3, -0.25) is 14.5 Å². The number of benzene rings is 1. The third kappa shape index (κ3) is 4.48. The van der Waals surface area contributed by atoms with Gasteiger partial charge in [0.05, 0.1) is 10.9 Å². The van der Waals surface area contributed by atoms with Gasteiger partial charge in [0.2, 0.25) is 5.91 Å². The predicted molar refractivity (Wildman–Crippen MR) is 111 cm³/mol. The van der Waals surface area contributed by atoms with Crippen LogP contribution in [0.2, 0.25) is 0 Å². The van der Waals surface area contributed by atoms with Crippen LogP contribution in [0.25, 0.3) is 10.9 Å². The summed E-state index contributed by atoms with van der Waals surface area (Å²) in [6.45, 7) is 4.39. The second-order valence-electron chi connectivity index (χ2n) is 7.12. The number of para-hydroxylation sites is 1. The van der Waals surface area contributed by atoms with Crippen molar-refractivity contribution in [2.75, 3.05) is 26.2 Å². The number of nitrogens with one attached hydrogen (secondary N) is 1. The van der Waals surface area contributed by atoms with Crippen LogP contribution in [0.1, 0.15) is 23.5 Å². The molecule has 1 aliphatic rings. The summed E-state index contributed by atoms with van der Waals surface area (Å²) in [6, 6.07) is 11.6. The molecule has 1 fully saturated rings. The van der Waals surface area contributed by atoms with E-state index < -0.39 is 0 Å². The fraction of sp³-hybridized carbons (Fsp3) is 0.381. The summed E-state index contributed by atoms with van der Waals surface area (Å²) in [6.07, 6.45) is 1.78. The Morgan fingerprint density at radius 1 is 1.11 bits per heavy atom. The number of H-pyrrole nitrogens is 1. The third-order valence-corrected chi connectivity index (χ3v) is 6.01. The molecule has 1 amide bonds. The zero-order valence-electron chi connectivity index (χ0n) is 15.8. The van der Waals surface area contributed by atoms with E-state index in [2.05, 4.69) is 32.4 Å². The lowest BCUT2D eigenvalue weighted by molar-refractivity contribution is -0.133. The summed E-state index contributed by atoms with van der Waals surface area (Å²) in [7, 11) is 0. The molecule has 1 aromatic carbocycles. The summed E-state index contributed by atoms with van der Waals surface area (Å²) in [4.78, 5) is 37.7. The summed E-state index contributed by atoms with van der Waals surface area (Å²) in [5.74, 6) is 0.844. The normalized spacial score (nSPS) is 15.2. The third-order valence-electron chi connectivity index (χ3n) is 5.15. The maximum atomic E-state index is 12.5. The number of piperazine rings is 1. The smallest absolute Gasteiger partial charge is 0.258 e. The number of amides is 1. The van der Waals surface area contributed by atoms with E-state index in [0.717, 1.165) is 32.7 Å². The number of aromatic amines is 1. The second-order valence-corrected chi connectivity index (χ2v) is 8.15. The summed E-state index contributed by atoms with van der Waals surface area (Å²) < 4.78 is 0. The van der Waals surface area contributed by atoms with Crippen LogP contribution in [0.4, 0.5) is 0 Å². The first-order valence-electron chi connectivity index (χ1n) is 9.69. The highest BCUT2D eigenvalue weighted by atomic mass is 32.1. The number of thiophene rings is 1. The summed E-state index contributed by atoms with van der Waals surface area (Å²) in [5.41, 5.74) is 0.586. The van der Waals surface area contributed by atoms with E-state index in [1.807, 2.05) is 23.1 Å². The van der Waals surface area contributed by atoms with Gasteiger partial charge < -0.3 is 9.88 Å². The maximum absolute atomic E-state index is 12.5. The maximum Gasteiger partial charge on any atom is 0.258 e. The number of carbonyl (C=O) groups excluding carboxylic acids is 1. The number of nitrogens with zero attached hydrogens (tertiary/aromatic N) is 3. The molecule has 4 rings (SSSR count). The summed E-state index contributed by atoms with van der Waals surface area (Å²) >= 11 is 1.78. The number of aryl methyl sites for hydroxylation is 1. The lowest BCUT2D eigenvalue weighted by atomic mass is 10.2. The van der Waals surface area contributed by atoms with Crippen molar-refractivity contribution in [2.45, 2.75) is 25.8 Å². The molecule has 28 heavy (non-hydrogen) atoms. The molecule has 0 bridgehead atoms. The van der Waals surface area contributed by atoms with Crippen molar-refractivity contribution in [3.05, 3.63) is 62.8 Å². The minimum Gasteiger partial charge on any atom is -0.340 e. The molecule has 3 aromatic rings. The van der Waals surface area contributed by atoms with E-state index in [-0.39, 0.29) is 11.5 Å². The number of hydrogen-bond acceptors (Lipinski definition) is 5. The van der Waals surface area contributed by atoms with Gasteiger partial charge in [-0.05, 0) is 30.0 Å². The molecule has 0 unspecified atom stereocenters. The van der Waals surface area contributed by atoms with Crippen LogP contribution in [0.5, 0.6) is 0 Å². The van der Waals surface area contributed by atoms with Gasteiger partial charge >= 0.3 is 0 Å². The molecule has 3 heterocycles. The highest BCUT2D eigenvalue weighted by molar-refractivity contribution is 7.09. The minimum absolute atomic E-state index is 0.117. The van der Waals surface area contributed by atoms with Crippen molar-refractivity contribution < 1.29 is 4.79 Å². The molecular formula is C21H24N4O2S. The van der Waals surface area contributed by atoms with E-state index in [0.29, 0.717) is 36.0 Å². The average molecular weight is 397 g/mol. The number of fused-ring (bicyclic) bond motifs is 1. The van der Waals surface area contributed by atoms with Crippen molar-refractivity contribution in [3.63, 3.8) is 0 Å². The molecule has 0 saturated carbocycles. The lowest BCUT2D eigenvalue weighted by Gasteiger charge is -2.34. The first-order valence-corrected chi connectivity index (χ1v) is 10.6. The van der Waals surface area contributed by atoms with Gasteiger partial charge in [-0.15, -0.1) is 11.3 Å².